The minimum atomic E-state index is -0.695. The Balaban J connectivity index is 2.30. The van der Waals surface area contributed by atoms with Crippen LogP contribution < -0.4 is 14.8 Å². The minimum absolute atomic E-state index is 0.0490. The molecule has 0 radical (unpaired) electrons. The van der Waals surface area contributed by atoms with Crippen molar-refractivity contribution in [1.82, 2.24) is 0 Å². The van der Waals surface area contributed by atoms with Crippen molar-refractivity contribution < 1.29 is 18.6 Å². The number of nitriles is 1. The zero-order valence-corrected chi connectivity index (χ0v) is 15.3. The van der Waals surface area contributed by atoms with Gasteiger partial charge in [0.2, 0.25) is 5.90 Å². The predicted octanol–water partition coefficient (Wildman–Crippen LogP) is 3.87. The highest BCUT2D eigenvalue weighted by atomic mass is 32.2. The number of nitrogens with one attached hydrogen (secondary N) is 2. The summed E-state index contributed by atoms with van der Waals surface area (Å²) in [6, 6.07) is 11.7. The Kier molecular flexibility index (Phi) is 6.69. The van der Waals surface area contributed by atoms with Gasteiger partial charge in [-0.05, 0) is 30.3 Å². The van der Waals surface area contributed by atoms with E-state index in [4.69, 9.17) is 24.9 Å². The molecule has 1 unspecified atom stereocenters. The highest BCUT2D eigenvalue weighted by molar-refractivity contribution is 8.00. The van der Waals surface area contributed by atoms with E-state index in [1.54, 1.807) is 24.3 Å². The normalized spacial score (nSPS) is 11.2. The number of hydrogen-bond donors (Lipinski definition) is 2. The van der Waals surface area contributed by atoms with Gasteiger partial charge in [0.1, 0.15) is 5.75 Å². The number of nitrogens with zero attached hydrogens (tertiary/aromatic N) is 1. The summed E-state index contributed by atoms with van der Waals surface area (Å²) in [4.78, 5) is 0.245. The minimum Gasteiger partial charge on any atom is -0.497 e. The van der Waals surface area contributed by atoms with Crippen molar-refractivity contribution in [3.8, 4) is 17.6 Å². The highest BCUT2D eigenvalue weighted by Gasteiger charge is 2.22. The average Bonchev–Trinajstić information content (AvgIpc) is 2.68. The molecular weight excluding hydrogens is 357 g/mol. The van der Waals surface area contributed by atoms with Crippen molar-refractivity contribution in [3.63, 3.8) is 0 Å². The summed E-state index contributed by atoms with van der Waals surface area (Å²) in [6.45, 7) is 0. The molecular formula is C18H18FN3O3S. The maximum absolute atomic E-state index is 14.6. The molecule has 26 heavy (non-hydrogen) atoms. The van der Waals surface area contributed by atoms with Gasteiger partial charge < -0.3 is 19.5 Å². The van der Waals surface area contributed by atoms with E-state index in [0.29, 0.717) is 17.0 Å². The molecule has 6 nitrogen and oxygen atoms in total. The first kappa shape index (κ1) is 19.4. The van der Waals surface area contributed by atoms with Crippen LogP contribution in [0, 0.1) is 22.6 Å². The number of hydrogen-bond acceptors (Lipinski definition) is 7. The molecule has 2 aromatic rings. The van der Waals surface area contributed by atoms with Crippen LogP contribution in [0.2, 0.25) is 0 Å². The summed E-state index contributed by atoms with van der Waals surface area (Å²) >= 11 is 1.05. The molecule has 0 bridgehead atoms. The number of ether oxygens (including phenoxy) is 3. The summed E-state index contributed by atoms with van der Waals surface area (Å²) in [6.07, 6.45) is 0. The summed E-state index contributed by atoms with van der Waals surface area (Å²) in [5.41, 5.74) is 1.18. The second kappa shape index (κ2) is 8.97. The second-order valence-electron chi connectivity index (χ2n) is 5.04. The lowest BCUT2D eigenvalue weighted by atomic mass is 10.2. The zero-order valence-electron chi connectivity index (χ0n) is 14.5. The van der Waals surface area contributed by atoms with Crippen LogP contribution in [-0.4, -0.2) is 32.6 Å². The molecule has 0 aliphatic rings. The van der Waals surface area contributed by atoms with E-state index in [2.05, 4.69) is 5.32 Å². The molecule has 0 fully saturated rings. The van der Waals surface area contributed by atoms with Crippen LogP contribution in [0.3, 0.4) is 0 Å². The third kappa shape index (κ3) is 4.58. The molecule has 2 rings (SSSR count). The van der Waals surface area contributed by atoms with Gasteiger partial charge in [0.25, 0.3) is 0 Å². The molecule has 2 aromatic carbocycles. The molecule has 0 aromatic heterocycles. The van der Waals surface area contributed by atoms with Gasteiger partial charge in [-0.1, -0.05) is 11.8 Å². The molecule has 0 aliphatic carbocycles. The van der Waals surface area contributed by atoms with Gasteiger partial charge in [-0.25, -0.2) is 4.39 Å². The molecule has 0 aliphatic heterocycles. The Bertz CT molecular complexity index is 822. The second-order valence-corrected chi connectivity index (χ2v) is 6.19. The number of rotatable bonds is 7. The molecule has 0 amide bonds. The number of anilines is 1. The number of halogens is 1. The van der Waals surface area contributed by atoms with E-state index >= 15 is 0 Å². The molecule has 8 heteroatoms. The van der Waals surface area contributed by atoms with Crippen molar-refractivity contribution in [2.24, 2.45) is 0 Å². The van der Waals surface area contributed by atoms with E-state index in [9.17, 15) is 4.39 Å². The number of thioether (sulfide) groups is 1. The molecule has 0 saturated carbocycles. The SMILES string of the molecule is COC(=N)C(Nc1ccc(C#N)cc1)Sc1cc(OC)cc(OC)c1F. The van der Waals surface area contributed by atoms with Crippen LogP contribution in [0.1, 0.15) is 5.56 Å². The van der Waals surface area contributed by atoms with Crippen molar-refractivity contribution in [2.45, 2.75) is 10.3 Å². The Labute approximate surface area is 155 Å². The van der Waals surface area contributed by atoms with E-state index in [0.717, 1.165) is 11.8 Å². The molecule has 2 N–H and O–H groups in total. The van der Waals surface area contributed by atoms with Gasteiger partial charge in [-0.15, -0.1) is 0 Å². The van der Waals surface area contributed by atoms with Crippen molar-refractivity contribution in [1.29, 1.82) is 10.7 Å². The van der Waals surface area contributed by atoms with Crippen LogP contribution in [0.25, 0.3) is 0 Å². The predicted molar refractivity (Wildman–Crippen MR) is 98.7 cm³/mol. The summed E-state index contributed by atoms with van der Waals surface area (Å²) in [5.74, 6) is -0.144. The number of benzene rings is 2. The Morgan fingerprint density at radius 2 is 1.88 bits per heavy atom. The lowest BCUT2D eigenvalue weighted by Gasteiger charge is -2.20. The molecule has 136 valence electrons. The van der Waals surface area contributed by atoms with Crippen LogP contribution in [0.15, 0.2) is 41.3 Å². The monoisotopic (exact) mass is 375 g/mol. The average molecular weight is 375 g/mol. The van der Waals surface area contributed by atoms with Crippen molar-refractivity contribution >= 4 is 23.3 Å². The van der Waals surface area contributed by atoms with E-state index in [1.807, 2.05) is 6.07 Å². The Morgan fingerprint density at radius 1 is 1.19 bits per heavy atom. The molecule has 0 saturated heterocycles. The smallest absolute Gasteiger partial charge is 0.214 e. The fourth-order valence-electron chi connectivity index (χ4n) is 2.08. The molecule has 0 heterocycles. The zero-order chi connectivity index (χ0) is 19.1. The van der Waals surface area contributed by atoms with Gasteiger partial charge in [-0.2, -0.15) is 5.26 Å². The van der Waals surface area contributed by atoms with E-state index in [-0.39, 0.29) is 16.5 Å². The fraction of sp³-hybridized carbons (Fsp3) is 0.222. The maximum atomic E-state index is 14.6. The van der Waals surface area contributed by atoms with Crippen LogP contribution >= 0.6 is 11.8 Å². The van der Waals surface area contributed by atoms with Gasteiger partial charge >= 0.3 is 0 Å². The van der Waals surface area contributed by atoms with Crippen LogP contribution in [0.4, 0.5) is 10.1 Å². The molecule has 0 spiro atoms. The van der Waals surface area contributed by atoms with Crippen LogP contribution in [0.5, 0.6) is 11.5 Å². The highest BCUT2D eigenvalue weighted by Crippen LogP contribution is 2.36. The lowest BCUT2D eigenvalue weighted by Crippen LogP contribution is -2.27. The van der Waals surface area contributed by atoms with Crippen molar-refractivity contribution in [2.75, 3.05) is 26.6 Å². The summed E-state index contributed by atoms with van der Waals surface area (Å²) in [7, 11) is 4.22. The largest absolute Gasteiger partial charge is 0.497 e. The number of methoxy groups -OCH3 is 3. The third-order valence-corrected chi connectivity index (χ3v) is 4.57. The first-order chi connectivity index (χ1) is 12.5. The Morgan fingerprint density at radius 3 is 2.42 bits per heavy atom. The van der Waals surface area contributed by atoms with E-state index < -0.39 is 11.2 Å². The topological polar surface area (TPSA) is 87.4 Å². The fourth-order valence-corrected chi connectivity index (χ4v) is 3.12. The first-order valence-electron chi connectivity index (χ1n) is 7.49. The van der Waals surface area contributed by atoms with E-state index in [1.165, 1.54) is 33.5 Å². The van der Waals surface area contributed by atoms with Gasteiger partial charge in [0.05, 0.1) is 37.9 Å². The quantitative estimate of drug-likeness (QED) is 0.331. The van der Waals surface area contributed by atoms with Gasteiger partial charge in [0.15, 0.2) is 16.9 Å². The lowest BCUT2D eigenvalue weighted by molar-refractivity contribution is 0.368. The third-order valence-electron chi connectivity index (χ3n) is 3.45. The van der Waals surface area contributed by atoms with Gasteiger partial charge in [-0.3, -0.25) is 5.41 Å². The van der Waals surface area contributed by atoms with Crippen molar-refractivity contribution in [3.05, 3.63) is 47.8 Å². The summed E-state index contributed by atoms with van der Waals surface area (Å²) in [5, 5.41) is 19.3. The molecule has 1 atom stereocenters. The summed E-state index contributed by atoms with van der Waals surface area (Å²) < 4.78 is 29.8. The Hall–Kier alpha value is -2.92. The first-order valence-corrected chi connectivity index (χ1v) is 8.37. The maximum Gasteiger partial charge on any atom is 0.214 e. The van der Waals surface area contributed by atoms with Crippen LogP contribution in [-0.2, 0) is 4.74 Å². The van der Waals surface area contributed by atoms with Gasteiger partial charge in [0, 0.05) is 11.8 Å². The standard InChI is InChI=1S/C18H18FN3O3S/c1-23-13-8-14(24-2)16(19)15(9-13)26-18(17(21)25-3)22-12-6-4-11(10-20)5-7-12/h4-9,18,21-22H,1-3H3.